The lowest BCUT2D eigenvalue weighted by molar-refractivity contribution is 0.530. The number of aryl methyl sites for hydroxylation is 2. The summed E-state index contributed by atoms with van der Waals surface area (Å²) >= 11 is 3.70. The van der Waals surface area contributed by atoms with E-state index >= 15 is 0 Å². The lowest BCUT2D eigenvalue weighted by Gasteiger charge is -2.24. The number of nitrogens with one attached hydrogen (secondary N) is 1. The molecule has 0 spiro atoms. The van der Waals surface area contributed by atoms with E-state index in [2.05, 4.69) is 91.4 Å². The molecule has 0 heterocycles. The average Bonchev–Trinajstić information content (AvgIpc) is 2.42. The van der Waals surface area contributed by atoms with E-state index < -0.39 is 0 Å². The molecule has 2 rings (SSSR count). The molecule has 0 aliphatic carbocycles. The number of benzene rings is 2. The van der Waals surface area contributed by atoms with E-state index in [1.165, 1.54) is 22.4 Å². The fourth-order valence-electron chi connectivity index (χ4n) is 2.71. The summed E-state index contributed by atoms with van der Waals surface area (Å²) in [5, 5.41) is 3.74. The second-order valence-corrected chi connectivity index (χ2v) is 7.03. The summed E-state index contributed by atoms with van der Waals surface area (Å²) in [5.74, 6) is 0.646. The molecule has 2 aromatic rings. The zero-order chi connectivity index (χ0) is 15.4. The van der Waals surface area contributed by atoms with Crippen molar-refractivity contribution in [2.45, 2.75) is 40.2 Å². The molecule has 1 unspecified atom stereocenters. The first-order valence-corrected chi connectivity index (χ1v) is 8.35. The maximum Gasteiger partial charge on any atom is 0.0519 e. The van der Waals surface area contributed by atoms with Crippen molar-refractivity contribution >= 4 is 21.6 Å². The molecule has 1 nitrogen and oxygen atoms in total. The molecule has 2 heteroatoms. The third-order valence-corrected chi connectivity index (χ3v) is 4.28. The van der Waals surface area contributed by atoms with Crippen LogP contribution >= 0.6 is 15.9 Å². The van der Waals surface area contributed by atoms with Crippen LogP contribution in [0.4, 0.5) is 5.69 Å². The van der Waals surface area contributed by atoms with Crippen molar-refractivity contribution in [3.8, 4) is 0 Å². The highest BCUT2D eigenvalue weighted by Gasteiger charge is 2.15. The predicted molar refractivity (Wildman–Crippen MR) is 95.9 cm³/mol. The third kappa shape index (κ3) is 4.34. The number of halogens is 1. The van der Waals surface area contributed by atoms with Crippen LogP contribution in [0.2, 0.25) is 0 Å². The summed E-state index contributed by atoms with van der Waals surface area (Å²) in [6.45, 7) is 8.84. The van der Waals surface area contributed by atoms with Crippen molar-refractivity contribution in [1.82, 2.24) is 0 Å². The van der Waals surface area contributed by atoms with Crippen LogP contribution in [-0.2, 0) is 0 Å². The van der Waals surface area contributed by atoms with Gasteiger partial charge in [-0.15, -0.1) is 0 Å². The Labute approximate surface area is 136 Å². The summed E-state index contributed by atoms with van der Waals surface area (Å²) in [6.07, 6.45) is 1.11. The van der Waals surface area contributed by atoms with Gasteiger partial charge in [-0.1, -0.05) is 50.2 Å². The van der Waals surface area contributed by atoms with Gasteiger partial charge < -0.3 is 5.32 Å². The summed E-state index contributed by atoms with van der Waals surface area (Å²) in [6, 6.07) is 15.4. The van der Waals surface area contributed by atoms with Crippen LogP contribution in [0.1, 0.15) is 43.0 Å². The van der Waals surface area contributed by atoms with Gasteiger partial charge in [0.25, 0.3) is 0 Å². The standard InChI is InChI=1S/C19H24BrN/c1-13(2)10-18(16-8-6-5-7-9-16)21-19-15(4)11-14(3)12-17(19)20/h5-9,11-13,18,21H,10H2,1-4H3. The first-order valence-electron chi connectivity index (χ1n) is 7.55. The highest BCUT2D eigenvalue weighted by molar-refractivity contribution is 9.10. The van der Waals surface area contributed by atoms with Gasteiger partial charge in [0.1, 0.15) is 0 Å². The Bertz CT molecular complexity index is 567. The second-order valence-electron chi connectivity index (χ2n) is 6.18. The van der Waals surface area contributed by atoms with E-state index in [9.17, 15) is 0 Å². The average molecular weight is 346 g/mol. The quantitative estimate of drug-likeness (QED) is 0.673. The van der Waals surface area contributed by atoms with Crippen LogP contribution < -0.4 is 5.32 Å². The molecular weight excluding hydrogens is 322 g/mol. The topological polar surface area (TPSA) is 12.0 Å². The van der Waals surface area contributed by atoms with Crippen LogP contribution in [0.5, 0.6) is 0 Å². The van der Waals surface area contributed by atoms with E-state index in [1.54, 1.807) is 0 Å². The van der Waals surface area contributed by atoms with Gasteiger partial charge >= 0.3 is 0 Å². The van der Waals surface area contributed by atoms with Crippen molar-refractivity contribution in [1.29, 1.82) is 0 Å². The molecule has 0 amide bonds. The molecule has 21 heavy (non-hydrogen) atoms. The maximum atomic E-state index is 3.74. The van der Waals surface area contributed by atoms with Crippen LogP contribution in [0.15, 0.2) is 46.9 Å². The van der Waals surface area contributed by atoms with Gasteiger partial charge in [0.05, 0.1) is 11.7 Å². The molecular formula is C19H24BrN. The molecule has 0 bridgehead atoms. The summed E-state index contributed by atoms with van der Waals surface area (Å²) < 4.78 is 1.14. The van der Waals surface area contributed by atoms with Crippen LogP contribution in [-0.4, -0.2) is 0 Å². The number of rotatable bonds is 5. The highest BCUT2D eigenvalue weighted by Crippen LogP contribution is 2.33. The van der Waals surface area contributed by atoms with Crippen molar-refractivity contribution in [3.63, 3.8) is 0 Å². The Morgan fingerprint density at radius 3 is 2.29 bits per heavy atom. The Morgan fingerprint density at radius 2 is 1.71 bits per heavy atom. The summed E-state index contributed by atoms with van der Waals surface area (Å²) in [5.41, 5.74) is 5.12. The molecule has 0 aromatic heterocycles. The number of hydrogen-bond donors (Lipinski definition) is 1. The first-order chi connectivity index (χ1) is 9.97. The minimum Gasteiger partial charge on any atom is -0.377 e. The number of hydrogen-bond acceptors (Lipinski definition) is 1. The fourth-order valence-corrected chi connectivity index (χ4v) is 3.50. The van der Waals surface area contributed by atoms with Gasteiger partial charge in [0.2, 0.25) is 0 Å². The van der Waals surface area contributed by atoms with E-state index in [-0.39, 0.29) is 0 Å². The Hall–Kier alpha value is -1.28. The highest BCUT2D eigenvalue weighted by atomic mass is 79.9. The molecule has 0 aliphatic heterocycles. The van der Waals surface area contributed by atoms with E-state index in [0.29, 0.717) is 12.0 Å². The van der Waals surface area contributed by atoms with Crippen molar-refractivity contribution < 1.29 is 0 Å². The molecule has 0 aliphatic rings. The number of anilines is 1. The van der Waals surface area contributed by atoms with E-state index in [0.717, 1.165) is 10.9 Å². The zero-order valence-corrected chi connectivity index (χ0v) is 14.9. The second kappa shape index (κ2) is 7.13. The molecule has 1 atom stereocenters. The molecule has 1 N–H and O–H groups in total. The van der Waals surface area contributed by atoms with Crippen LogP contribution in [0.3, 0.4) is 0 Å². The molecule has 112 valence electrons. The van der Waals surface area contributed by atoms with Gasteiger partial charge in [-0.25, -0.2) is 0 Å². The third-order valence-electron chi connectivity index (χ3n) is 3.66. The zero-order valence-electron chi connectivity index (χ0n) is 13.3. The maximum absolute atomic E-state index is 3.74. The first kappa shape index (κ1) is 16.1. The summed E-state index contributed by atoms with van der Waals surface area (Å²) in [7, 11) is 0. The SMILES string of the molecule is Cc1cc(C)c(NC(CC(C)C)c2ccccc2)c(Br)c1. The normalized spacial score (nSPS) is 12.5. The van der Waals surface area contributed by atoms with Crippen molar-refractivity contribution in [2.24, 2.45) is 5.92 Å². The van der Waals surface area contributed by atoms with Gasteiger partial charge in [-0.2, -0.15) is 0 Å². The molecule has 0 saturated carbocycles. The molecule has 0 fully saturated rings. The Kier molecular flexibility index (Phi) is 5.46. The molecule has 2 aromatic carbocycles. The van der Waals surface area contributed by atoms with Gasteiger partial charge in [0.15, 0.2) is 0 Å². The van der Waals surface area contributed by atoms with Crippen LogP contribution in [0.25, 0.3) is 0 Å². The van der Waals surface area contributed by atoms with Gasteiger partial charge in [-0.3, -0.25) is 0 Å². The minimum absolute atomic E-state index is 0.337. The minimum atomic E-state index is 0.337. The lowest BCUT2D eigenvalue weighted by atomic mass is 9.96. The van der Waals surface area contributed by atoms with E-state index in [1.807, 2.05) is 0 Å². The predicted octanol–water partition coefficient (Wildman–Crippen LogP) is 6.27. The molecule has 0 saturated heterocycles. The Morgan fingerprint density at radius 1 is 1.05 bits per heavy atom. The lowest BCUT2D eigenvalue weighted by Crippen LogP contribution is -2.14. The van der Waals surface area contributed by atoms with Gasteiger partial charge in [0, 0.05) is 4.47 Å². The Balaban J connectivity index is 2.32. The summed E-state index contributed by atoms with van der Waals surface area (Å²) in [4.78, 5) is 0. The molecule has 0 radical (unpaired) electrons. The van der Waals surface area contributed by atoms with Crippen LogP contribution in [0, 0.1) is 19.8 Å². The van der Waals surface area contributed by atoms with Crippen molar-refractivity contribution in [3.05, 3.63) is 63.6 Å². The largest absolute Gasteiger partial charge is 0.377 e. The van der Waals surface area contributed by atoms with Gasteiger partial charge in [-0.05, 0) is 64.9 Å². The monoisotopic (exact) mass is 345 g/mol. The van der Waals surface area contributed by atoms with E-state index in [4.69, 9.17) is 0 Å². The van der Waals surface area contributed by atoms with Crippen molar-refractivity contribution in [2.75, 3.05) is 5.32 Å². The smallest absolute Gasteiger partial charge is 0.0519 e. The fraction of sp³-hybridized carbons (Fsp3) is 0.368.